The Kier molecular flexibility index (Phi) is 5.77. The molecular weight excluding hydrogens is 388 g/mol. The van der Waals surface area contributed by atoms with Gasteiger partial charge in [-0.1, -0.05) is 18.2 Å². The van der Waals surface area contributed by atoms with Gasteiger partial charge in [-0.2, -0.15) is 5.26 Å². The Bertz CT molecular complexity index is 1150. The van der Waals surface area contributed by atoms with Crippen LogP contribution in [0.15, 0.2) is 78.9 Å². The molecule has 4 aromatic rings. The lowest BCUT2D eigenvalue weighted by Gasteiger charge is -2.13. The van der Waals surface area contributed by atoms with Gasteiger partial charge in [-0.05, 0) is 60.7 Å². The minimum Gasteiger partial charge on any atom is -0.497 e. The number of benzene rings is 3. The second-order valence-corrected chi connectivity index (χ2v) is 6.68. The standard InChI is InChI=1S/C25H20N4O2/c1-30-20-12-8-17(9-13-20)23-22(16-26)24(18-10-14-21(31-2)15-11-18)29-25(28-23)27-19-6-4-3-5-7-19/h3-15H,1-2H3,(H,27,28,29). The molecule has 0 aliphatic carbocycles. The first-order valence-electron chi connectivity index (χ1n) is 9.65. The van der Waals surface area contributed by atoms with Crippen LogP contribution in [0.1, 0.15) is 5.56 Å². The summed E-state index contributed by atoms with van der Waals surface area (Å²) in [5, 5.41) is 13.2. The van der Waals surface area contributed by atoms with E-state index in [0.717, 1.165) is 28.3 Å². The molecule has 0 bridgehead atoms. The molecule has 1 aromatic heterocycles. The summed E-state index contributed by atoms with van der Waals surface area (Å²) in [6, 6.07) is 26.9. The summed E-state index contributed by atoms with van der Waals surface area (Å²) in [6.07, 6.45) is 0. The normalized spacial score (nSPS) is 10.2. The molecule has 0 unspecified atom stereocenters. The molecule has 6 nitrogen and oxygen atoms in total. The lowest BCUT2D eigenvalue weighted by Crippen LogP contribution is -2.04. The Balaban J connectivity index is 1.88. The Hall–Kier alpha value is -4.37. The van der Waals surface area contributed by atoms with Gasteiger partial charge in [0.2, 0.25) is 5.95 Å². The topological polar surface area (TPSA) is 80.1 Å². The predicted molar refractivity (Wildman–Crippen MR) is 120 cm³/mol. The van der Waals surface area contributed by atoms with E-state index in [0.29, 0.717) is 22.9 Å². The fourth-order valence-corrected chi connectivity index (χ4v) is 3.19. The Morgan fingerprint density at radius 3 is 1.61 bits per heavy atom. The van der Waals surface area contributed by atoms with Crippen molar-refractivity contribution < 1.29 is 9.47 Å². The summed E-state index contributed by atoms with van der Waals surface area (Å²) in [5.41, 5.74) is 3.94. The number of nitrogens with one attached hydrogen (secondary N) is 1. The summed E-state index contributed by atoms with van der Waals surface area (Å²) in [4.78, 5) is 9.35. The van der Waals surface area contributed by atoms with Crippen molar-refractivity contribution in [2.24, 2.45) is 0 Å². The Labute approximate surface area is 180 Å². The molecule has 0 aliphatic rings. The molecule has 0 saturated heterocycles. The van der Waals surface area contributed by atoms with Crippen LogP contribution in [0.25, 0.3) is 22.5 Å². The molecule has 31 heavy (non-hydrogen) atoms. The highest BCUT2D eigenvalue weighted by Gasteiger charge is 2.18. The van der Waals surface area contributed by atoms with E-state index in [1.165, 1.54) is 0 Å². The van der Waals surface area contributed by atoms with Crippen LogP contribution in [-0.4, -0.2) is 24.2 Å². The molecule has 0 fully saturated rings. The lowest BCUT2D eigenvalue weighted by atomic mass is 10.0. The summed E-state index contributed by atoms with van der Waals surface area (Å²) in [5.74, 6) is 1.87. The van der Waals surface area contributed by atoms with Crippen molar-refractivity contribution in [3.8, 4) is 40.1 Å². The fourth-order valence-electron chi connectivity index (χ4n) is 3.19. The van der Waals surface area contributed by atoms with Crippen LogP contribution in [0.5, 0.6) is 11.5 Å². The second-order valence-electron chi connectivity index (χ2n) is 6.68. The van der Waals surface area contributed by atoms with Crippen molar-refractivity contribution in [2.75, 3.05) is 19.5 Å². The molecule has 0 saturated carbocycles. The van der Waals surface area contributed by atoms with Gasteiger partial charge in [-0.25, -0.2) is 9.97 Å². The molecule has 1 heterocycles. The van der Waals surface area contributed by atoms with Gasteiger partial charge < -0.3 is 14.8 Å². The predicted octanol–water partition coefficient (Wildman–Crippen LogP) is 5.44. The SMILES string of the molecule is COc1ccc(-c2nc(Nc3ccccc3)nc(-c3ccc(OC)cc3)c2C#N)cc1. The largest absolute Gasteiger partial charge is 0.497 e. The van der Waals surface area contributed by atoms with Crippen molar-refractivity contribution in [2.45, 2.75) is 0 Å². The van der Waals surface area contributed by atoms with E-state index >= 15 is 0 Å². The number of hydrogen-bond donors (Lipinski definition) is 1. The van der Waals surface area contributed by atoms with E-state index in [-0.39, 0.29) is 0 Å². The number of ether oxygens (including phenoxy) is 2. The van der Waals surface area contributed by atoms with Crippen LogP contribution in [0.3, 0.4) is 0 Å². The maximum atomic E-state index is 10.0. The first kappa shape index (κ1) is 19.9. The maximum Gasteiger partial charge on any atom is 0.228 e. The van der Waals surface area contributed by atoms with Gasteiger partial charge in [0.05, 0.1) is 25.6 Å². The molecule has 6 heteroatoms. The van der Waals surface area contributed by atoms with Gasteiger partial charge in [-0.15, -0.1) is 0 Å². The Morgan fingerprint density at radius 2 is 1.19 bits per heavy atom. The molecule has 3 aromatic carbocycles. The van der Waals surface area contributed by atoms with Crippen LogP contribution in [0.2, 0.25) is 0 Å². The highest BCUT2D eigenvalue weighted by molar-refractivity contribution is 5.79. The quantitative estimate of drug-likeness (QED) is 0.457. The zero-order chi connectivity index (χ0) is 21.6. The van der Waals surface area contributed by atoms with Gasteiger partial charge in [0.25, 0.3) is 0 Å². The second kappa shape index (κ2) is 8.97. The summed E-state index contributed by atoms with van der Waals surface area (Å²) < 4.78 is 10.5. The molecular formula is C25H20N4O2. The van der Waals surface area contributed by atoms with Crippen LogP contribution < -0.4 is 14.8 Å². The van der Waals surface area contributed by atoms with E-state index in [9.17, 15) is 5.26 Å². The van der Waals surface area contributed by atoms with Crippen LogP contribution in [0, 0.1) is 11.3 Å². The van der Waals surface area contributed by atoms with E-state index in [2.05, 4.69) is 21.4 Å². The molecule has 0 aliphatic heterocycles. The number of aromatic nitrogens is 2. The van der Waals surface area contributed by atoms with E-state index in [4.69, 9.17) is 9.47 Å². The number of methoxy groups -OCH3 is 2. The minimum absolute atomic E-state index is 0.397. The number of rotatable bonds is 6. The Morgan fingerprint density at radius 1 is 0.710 bits per heavy atom. The van der Waals surface area contributed by atoms with Crippen molar-refractivity contribution in [3.63, 3.8) is 0 Å². The van der Waals surface area contributed by atoms with Gasteiger partial charge in [0, 0.05) is 16.8 Å². The molecule has 0 amide bonds. The molecule has 4 rings (SSSR count). The monoisotopic (exact) mass is 408 g/mol. The van der Waals surface area contributed by atoms with Crippen molar-refractivity contribution in [1.29, 1.82) is 5.26 Å². The zero-order valence-corrected chi connectivity index (χ0v) is 17.2. The van der Waals surface area contributed by atoms with E-state index in [1.807, 2.05) is 78.9 Å². The van der Waals surface area contributed by atoms with Crippen molar-refractivity contribution in [1.82, 2.24) is 9.97 Å². The number of nitriles is 1. The smallest absolute Gasteiger partial charge is 0.228 e. The third kappa shape index (κ3) is 4.31. The van der Waals surface area contributed by atoms with E-state index in [1.54, 1.807) is 14.2 Å². The molecule has 152 valence electrons. The van der Waals surface area contributed by atoms with Gasteiger partial charge in [-0.3, -0.25) is 0 Å². The average Bonchev–Trinajstić information content (AvgIpc) is 2.84. The molecule has 0 radical (unpaired) electrons. The van der Waals surface area contributed by atoms with Crippen LogP contribution >= 0.6 is 0 Å². The summed E-state index contributed by atoms with van der Waals surface area (Å²) in [6.45, 7) is 0. The number of hydrogen-bond acceptors (Lipinski definition) is 6. The zero-order valence-electron chi connectivity index (χ0n) is 17.2. The maximum absolute atomic E-state index is 10.0. The fraction of sp³-hybridized carbons (Fsp3) is 0.0800. The molecule has 0 atom stereocenters. The van der Waals surface area contributed by atoms with Gasteiger partial charge in [0.15, 0.2) is 0 Å². The third-order valence-corrected chi connectivity index (χ3v) is 4.78. The van der Waals surface area contributed by atoms with Gasteiger partial charge >= 0.3 is 0 Å². The highest BCUT2D eigenvalue weighted by atomic mass is 16.5. The first-order valence-corrected chi connectivity index (χ1v) is 9.65. The van der Waals surface area contributed by atoms with Crippen LogP contribution in [0.4, 0.5) is 11.6 Å². The van der Waals surface area contributed by atoms with Crippen LogP contribution in [-0.2, 0) is 0 Å². The van der Waals surface area contributed by atoms with Crippen molar-refractivity contribution >= 4 is 11.6 Å². The average molecular weight is 408 g/mol. The third-order valence-electron chi connectivity index (χ3n) is 4.78. The number of para-hydroxylation sites is 1. The number of anilines is 2. The molecule has 1 N–H and O–H groups in total. The minimum atomic E-state index is 0.397. The molecule has 0 spiro atoms. The van der Waals surface area contributed by atoms with Gasteiger partial charge in [0.1, 0.15) is 23.1 Å². The van der Waals surface area contributed by atoms with Crippen molar-refractivity contribution in [3.05, 3.63) is 84.4 Å². The van der Waals surface area contributed by atoms with E-state index < -0.39 is 0 Å². The first-order chi connectivity index (χ1) is 15.2. The summed E-state index contributed by atoms with van der Waals surface area (Å²) >= 11 is 0. The lowest BCUT2D eigenvalue weighted by molar-refractivity contribution is 0.415. The summed E-state index contributed by atoms with van der Waals surface area (Å²) in [7, 11) is 3.23. The highest BCUT2D eigenvalue weighted by Crippen LogP contribution is 2.32. The number of nitrogens with zero attached hydrogens (tertiary/aromatic N) is 3.